The number of nitrogens with one attached hydrogen (secondary N) is 2. The number of carbonyl (C=O) groups excluding carboxylic acids is 1. The zero-order valence-corrected chi connectivity index (χ0v) is 12.1. The minimum atomic E-state index is -0.842. The molecule has 0 rings (SSSR count). The first-order chi connectivity index (χ1) is 8.45. The van der Waals surface area contributed by atoms with Crippen LogP contribution >= 0.6 is 0 Å². The summed E-state index contributed by atoms with van der Waals surface area (Å²) in [6.45, 7) is 6.97. The second kappa shape index (κ2) is 9.30. The topological polar surface area (TPSA) is 70.6 Å². The van der Waals surface area contributed by atoms with Crippen molar-refractivity contribution in [2.75, 3.05) is 26.8 Å². The fourth-order valence-electron chi connectivity index (χ4n) is 1.63. The van der Waals surface area contributed by atoms with Gasteiger partial charge in [-0.1, -0.05) is 13.8 Å². The monoisotopic (exact) mass is 260 g/mol. The fraction of sp³-hybridized carbons (Fsp3) is 0.923. The number of hydrogen-bond donors (Lipinski definition) is 3. The molecule has 18 heavy (non-hydrogen) atoms. The maximum absolute atomic E-state index is 11.6. The summed E-state index contributed by atoms with van der Waals surface area (Å²) in [5.74, 6) is -0.0220. The lowest BCUT2D eigenvalue weighted by atomic mass is 10.0. The van der Waals surface area contributed by atoms with Crippen molar-refractivity contribution in [3.63, 3.8) is 0 Å². The Labute approximate surface area is 110 Å². The van der Waals surface area contributed by atoms with Crippen LogP contribution in [0.3, 0.4) is 0 Å². The molecule has 0 aromatic heterocycles. The van der Waals surface area contributed by atoms with Crippen LogP contribution in [0.1, 0.15) is 40.0 Å². The third-order valence-corrected chi connectivity index (χ3v) is 2.99. The van der Waals surface area contributed by atoms with Gasteiger partial charge in [0, 0.05) is 32.7 Å². The van der Waals surface area contributed by atoms with Crippen LogP contribution in [-0.2, 0) is 9.53 Å². The van der Waals surface area contributed by atoms with Gasteiger partial charge in [0.1, 0.15) is 0 Å². The van der Waals surface area contributed by atoms with E-state index in [1.54, 1.807) is 14.0 Å². The predicted octanol–water partition coefficient (Wildman–Crippen LogP) is 0.668. The Hall–Kier alpha value is -0.650. The number of hydrogen-bond acceptors (Lipinski definition) is 4. The average Bonchev–Trinajstić information content (AvgIpc) is 2.33. The molecule has 0 aliphatic carbocycles. The summed E-state index contributed by atoms with van der Waals surface area (Å²) in [5, 5.41) is 15.9. The molecule has 5 nitrogen and oxygen atoms in total. The van der Waals surface area contributed by atoms with Crippen LogP contribution in [0.2, 0.25) is 0 Å². The average molecular weight is 260 g/mol. The van der Waals surface area contributed by atoms with Crippen LogP contribution < -0.4 is 10.6 Å². The highest BCUT2D eigenvalue weighted by molar-refractivity contribution is 5.78. The van der Waals surface area contributed by atoms with Crippen molar-refractivity contribution in [1.29, 1.82) is 0 Å². The zero-order chi connectivity index (χ0) is 14.0. The molecule has 0 heterocycles. The highest BCUT2D eigenvalue weighted by Gasteiger charge is 2.19. The molecule has 5 heteroatoms. The zero-order valence-electron chi connectivity index (χ0n) is 12.1. The van der Waals surface area contributed by atoms with Crippen molar-refractivity contribution in [2.24, 2.45) is 0 Å². The summed E-state index contributed by atoms with van der Waals surface area (Å²) in [6.07, 6.45) is 2.42. The molecule has 0 fully saturated rings. The van der Waals surface area contributed by atoms with Crippen LogP contribution in [0.5, 0.6) is 0 Å². The second-order valence-electron chi connectivity index (χ2n) is 4.92. The van der Waals surface area contributed by atoms with Gasteiger partial charge in [-0.15, -0.1) is 0 Å². The Bertz CT molecular complexity index is 228. The molecule has 108 valence electrons. The molecular weight excluding hydrogens is 232 g/mol. The van der Waals surface area contributed by atoms with Crippen molar-refractivity contribution < 1.29 is 14.6 Å². The Kier molecular flexibility index (Phi) is 8.97. The number of rotatable bonds is 10. The number of carbonyl (C=O) groups is 1. The van der Waals surface area contributed by atoms with E-state index in [0.717, 1.165) is 12.8 Å². The number of aliphatic hydroxyl groups is 1. The van der Waals surface area contributed by atoms with E-state index in [0.29, 0.717) is 19.6 Å². The Morgan fingerprint density at radius 1 is 1.39 bits per heavy atom. The van der Waals surface area contributed by atoms with E-state index in [-0.39, 0.29) is 18.5 Å². The number of methoxy groups -OCH3 is 1. The highest BCUT2D eigenvalue weighted by Crippen LogP contribution is 2.07. The third kappa shape index (κ3) is 8.44. The maximum atomic E-state index is 11.6. The van der Waals surface area contributed by atoms with Gasteiger partial charge in [0.05, 0.1) is 12.1 Å². The van der Waals surface area contributed by atoms with Crippen LogP contribution in [0.25, 0.3) is 0 Å². The molecule has 0 radical (unpaired) electrons. The van der Waals surface area contributed by atoms with Crippen LogP contribution in [0.15, 0.2) is 0 Å². The lowest BCUT2D eigenvalue weighted by Crippen LogP contribution is -2.45. The lowest BCUT2D eigenvalue weighted by molar-refractivity contribution is -0.121. The lowest BCUT2D eigenvalue weighted by Gasteiger charge is -2.23. The third-order valence-electron chi connectivity index (χ3n) is 2.99. The summed E-state index contributed by atoms with van der Waals surface area (Å²) < 4.78 is 4.92. The van der Waals surface area contributed by atoms with Gasteiger partial charge >= 0.3 is 0 Å². The molecule has 0 aliphatic heterocycles. The summed E-state index contributed by atoms with van der Waals surface area (Å²) in [7, 11) is 1.60. The van der Waals surface area contributed by atoms with Crippen molar-refractivity contribution in [3.8, 4) is 0 Å². The first-order valence-electron chi connectivity index (χ1n) is 6.66. The van der Waals surface area contributed by atoms with Gasteiger partial charge in [0.25, 0.3) is 0 Å². The van der Waals surface area contributed by atoms with Gasteiger partial charge in [0.2, 0.25) is 5.91 Å². The van der Waals surface area contributed by atoms with E-state index in [1.807, 2.05) is 0 Å². The van der Waals surface area contributed by atoms with Gasteiger partial charge in [-0.2, -0.15) is 0 Å². The molecule has 0 bridgehead atoms. The highest BCUT2D eigenvalue weighted by atomic mass is 16.5. The van der Waals surface area contributed by atoms with E-state index in [1.165, 1.54) is 0 Å². The minimum Gasteiger partial charge on any atom is -0.389 e. The Morgan fingerprint density at radius 3 is 2.50 bits per heavy atom. The Morgan fingerprint density at radius 2 is 2.00 bits per heavy atom. The van der Waals surface area contributed by atoms with E-state index in [2.05, 4.69) is 24.5 Å². The number of ether oxygens (including phenoxy) is 1. The predicted molar refractivity (Wildman–Crippen MR) is 72.5 cm³/mol. The van der Waals surface area contributed by atoms with Crippen molar-refractivity contribution in [1.82, 2.24) is 10.6 Å². The van der Waals surface area contributed by atoms with Gasteiger partial charge in [0.15, 0.2) is 0 Å². The molecule has 1 amide bonds. The Balaban J connectivity index is 3.79. The van der Waals surface area contributed by atoms with Crippen LogP contribution in [0, 0.1) is 0 Å². The van der Waals surface area contributed by atoms with Crippen LogP contribution in [0.4, 0.5) is 0 Å². The van der Waals surface area contributed by atoms with E-state index in [9.17, 15) is 9.90 Å². The van der Waals surface area contributed by atoms with E-state index in [4.69, 9.17) is 4.74 Å². The molecule has 0 saturated carbocycles. The largest absolute Gasteiger partial charge is 0.389 e. The summed E-state index contributed by atoms with van der Waals surface area (Å²) in [4.78, 5) is 11.6. The van der Waals surface area contributed by atoms with E-state index < -0.39 is 5.60 Å². The second-order valence-corrected chi connectivity index (χ2v) is 4.92. The molecule has 0 saturated heterocycles. The summed E-state index contributed by atoms with van der Waals surface area (Å²) in [6, 6.07) is 0.244. The normalized spacial score (nSPS) is 14.6. The smallest absolute Gasteiger partial charge is 0.234 e. The standard InChI is InChI=1S/C13H28N2O3/c1-5-11(6-2)15-12(16)9-14-10-13(3,17)7-8-18-4/h11,14,17H,5-10H2,1-4H3,(H,15,16). The molecular formula is C13H28N2O3. The number of amides is 1. The maximum Gasteiger partial charge on any atom is 0.234 e. The summed E-state index contributed by atoms with van der Waals surface area (Å²) in [5.41, 5.74) is -0.842. The first kappa shape index (κ1) is 17.4. The molecule has 0 aromatic rings. The fourth-order valence-corrected chi connectivity index (χ4v) is 1.63. The van der Waals surface area contributed by atoms with Gasteiger partial charge < -0.3 is 20.5 Å². The quantitative estimate of drug-likeness (QED) is 0.540. The molecule has 0 spiro atoms. The molecule has 0 aromatic carbocycles. The molecule has 0 aliphatic rings. The first-order valence-corrected chi connectivity index (χ1v) is 6.66. The SMILES string of the molecule is CCC(CC)NC(=O)CNCC(C)(O)CCOC. The van der Waals surface area contributed by atoms with Crippen molar-refractivity contribution in [2.45, 2.75) is 51.7 Å². The van der Waals surface area contributed by atoms with Crippen molar-refractivity contribution in [3.05, 3.63) is 0 Å². The molecule has 3 N–H and O–H groups in total. The molecule has 1 atom stereocenters. The van der Waals surface area contributed by atoms with Gasteiger partial charge in [-0.3, -0.25) is 4.79 Å². The van der Waals surface area contributed by atoms with Gasteiger partial charge in [-0.25, -0.2) is 0 Å². The van der Waals surface area contributed by atoms with Crippen LogP contribution in [-0.4, -0.2) is 49.5 Å². The molecule has 1 unspecified atom stereocenters. The summed E-state index contributed by atoms with van der Waals surface area (Å²) >= 11 is 0. The van der Waals surface area contributed by atoms with E-state index >= 15 is 0 Å². The van der Waals surface area contributed by atoms with Gasteiger partial charge in [-0.05, 0) is 19.8 Å². The minimum absolute atomic E-state index is 0.0220. The van der Waals surface area contributed by atoms with Crippen molar-refractivity contribution >= 4 is 5.91 Å².